The number of hydrogen-bond acceptors (Lipinski definition) is 1. The summed E-state index contributed by atoms with van der Waals surface area (Å²) in [5.41, 5.74) is 0.174. The standard InChI is InChI=1S/C20H22F3NO/c1-13(2)12-14(3)15-8-5-7-11-18(15)24-19(25)16-9-4-6-10-17(16)20(21,22)23/h4-11,13-14H,12H2,1-3H3,(H,24,25). The SMILES string of the molecule is CC(C)CC(C)c1ccccc1NC(=O)c1ccccc1C(F)(F)F. The highest BCUT2D eigenvalue weighted by atomic mass is 19.4. The number of carbonyl (C=O) groups is 1. The van der Waals surface area contributed by atoms with Gasteiger partial charge in [0.2, 0.25) is 0 Å². The van der Waals surface area contributed by atoms with Gasteiger partial charge in [0.05, 0.1) is 11.1 Å². The van der Waals surface area contributed by atoms with E-state index in [9.17, 15) is 18.0 Å². The lowest BCUT2D eigenvalue weighted by Crippen LogP contribution is -2.19. The monoisotopic (exact) mass is 349 g/mol. The van der Waals surface area contributed by atoms with E-state index in [-0.39, 0.29) is 11.5 Å². The van der Waals surface area contributed by atoms with Crippen molar-refractivity contribution in [1.29, 1.82) is 0 Å². The molecule has 5 heteroatoms. The van der Waals surface area contributed by atoms with E-state index in [4.69, 9.17) is 0 Å². The van der Waals surface area contributed by atoms with Gasteiger partial charge in [-0.3, -0.25) is 4.79 Å². The number of anilines is 1. The Morgan fingerprint density at radius 1 is 1.00 bits per heavy atom. The van der Waals surface area contributed by atoms with Gasteiger partial charge in [0.15, 0.2) is 0 Å². The zero-order valence-corrected chi connectivity index (χ0v) is 14.5. The highest BCUT2D eigenvalue weighted by molar-refractivity contribution is 6.05. The Labute approximate surface area is 146 Å². The largest absolute Gasteiger partial charge is 0.417 e. The third kappa shape index (κ3) is 4.84. The Kier molecular flexibility index (Phi) is 5.88. The summed E-state index contributed by atoms with van der Waals surface area (Å²) in [5.74, 6) is -0.0869. The Bertz CT molecular complexity index is 738. The predicted molar refractivity (Wildman–Crippen MR) is 93.7 cm³/mol. The maximum atomic E-state index is 13.1. The minimum Gasteiger partial charge on any atom is -0.322 e. The van der Waals surface area contributed by atoms with Crippen LogP contribution in [0.4, 0.5) is 18.9 Å². The van der Waals surface area contributed by atoms with E-state index in [1.54, 1.807) is 12.1 Å². The van der Waals surface area contributed by atoms with Crippen molar-refractivity contribution in [2.45, 2.75) is 39.3 Å². The first-order valence-corrected chi connectivity index (χ1v) is 8.26. The molecule has 0 saturated heterocycles. The Balaban J connectivity index is 2.31. The molecule has 0 saturated carbocycles. The Morgan fingerprint density at radius 2 is 1.60 bits per heavy atom. The highest BCUT2D eigenvalue weighted by Crippen LogP contribution is 2.33. The fourth-order valence-corrected chi connectivity index (χ4v) is 2.99. The number of carbonyl (C=O) groups excluding carboxylic acids is 1. The van der Waals surface area contributed by atoms with Gasteiger partial charge >= 0.3 is 6.18 Å². The van der Waals surface area contributed by atoms with E-state index in [0.717, 1.165) is 18.1 Å². The maximum absolute atomic E-state index is 13.1. The van der Waals surface area contributed by atoms with Gasteiger partial charge in [0, 0.05) is 5.69 Å². The summed E-state index contributed by atoms with van der Waals surface area (Å²) < 4.78 is 39.4. The predicted octanol–water partition coefficient (Wildman–Crippen LogP) is 6.11. The summed E-state index contributed by atoms with van der Waals surface area (Å²) >= 11 is 0. The van der Waals surface area contributed by atoms with Crippen LogP contribution in [-0.2, 0) is 6.18 Å². The zero-order chi connectivity index (χ0) is 18.6. The highest BCUT2D eigenvalue weighted by Gasteiger charge is 2.34. The van der Waals surface area contributed by atoms with Crippen molar-refractivity contribution in [2.24, 2.45) is 5.92 Å². The summed E-state index contributed by atoms with van der Waals surface area (Å²) in [5, 5.41) is 2.65. The fourth-order valence-electron chi connectivity index (χ4n) is 2.99. The molecule has 2 aromatic rings. The number of benzene rings is 2. The smallest absolute Gasteiger partial charge is 0.322 e. The van der Waals surface area contributed by atoms with Gasteiger partial charge in [-0.2, -0.15) is 13.2 Å². The number of hydrogen-bond donors (Lipinski definition) is 1. The second kappa shape index (κ2) is 7.72. The molecular weight excluding hydrogens is 327 g/mol. The normalized spacial score (nSPS) is 12.9. The lowest BCUT2D eigenvalue weighted by atomic mass is 9.91. The topological polar surface area (TPSA) is 29.1 Å². The van der Waals surface area contributed by atoms with Crippen LogP contribution in [-0.4, -0.2) is 5.91 Å². The van der Waals surface area contributed by atoms with Gasteiger partial charge in [0.1, 0.15) is 0 Å². The number of rotatable bonds is 5. The van der Waals surface area contributed by atoms with Gasteiger partial charge in [-0.05, 0) is 42.0 Å². The van der Waals surface area contributed by atoms with Crippen molar-refractivity contribution >= 4 is 11.6 Å². The molecule has 1 atom stereocenters. The van der Waals surface area contributed by atoms with E-state index in [0.29, 0.717) is 11.6 Å². The number of alkyl halides is 3. The molecule has 0 aliphatic heterocycles. The van der Waals surface area contributed by atoms with Crippen molar-refractivity contribution in [2.75, 3.05) is 5.32 Å². The molecule has 1 amide bonds. The summed E-state index contributed by atoms with van der Waals surface area (Å²) in [7, 11) is 0. The molecule has 1 N–H and O–H groups in total. The summed E-state index contributed by atoms with van der Waals surface area (Å²) in [6, 6.07) is 12.1. The van der Waals surface area contributed by atoms with Gasteiger partial charge < -0.3 is 5.32 Å². The van der Waals surface area contributed by atoms with Crippen LogP contribution in [0.5, 0.6) is 0 Å². The molecule has 0 bridgehead atoms. The van der Waals surface area contributed by atoms with Crippen molar-refractivity contribution in [3.8, 4) is 0 Å². The van der Waals surface area contributed by atoms with Crippen molar-refractivity contribution in [3.63, 3.8) is 0 Å². The molecule has 2 aromatic carbocycles. The molecule has 2 nitrogen and oxygen atoms in total. The van der Waals surface area contributed by atoms with Crippen LogP contribution in [0.2, 0.25) is 0 Å². The van der Waals surface area contributed by atoms with Crippen LogP contribution in [0.15, 0.2) is 48.5 Å². The van der Waals surface area contributed by atoms with E-state index in [2.05, 4.69) is 26.1 Å². The number of nitrogens with one attached hydrogen (secondary N) is 1. The van der Waals surface area contributed by atoms with Crippen LogP contribution >= 0.6 is 0 Å². The Morgan fingerprint density at radius 3 is 2.24 bits per heavy atom. The summed E-state index contributed by atoms with van der Waals surface area (Å²) in [6.45, 7) is 6.27. The average molecular weight is 349 g/mol. The third-order valence-electron chi connectivity index (χ3n) is 4.04. The lowest BCUT2D eigenvalue weighted by Gasteiger charge is -2.19. The van der Waals surface area contributed by atoms with Gasteiger partial charge in [0.25, 0.3) is 5.91 Å². The van der Waals surface area contributed by atoms with E-state index < -0.39 is 17.6 Å². The molecule has 0 heterocycles. The second-order valence-electron chi connectivity index (χ2n) is 6.62. The van der Waals surface area contributed by atoms with Crippen molar-refractivity contribution in [1.82, 2.24) is 0 Å². The molecule has 0 fully saturated rings. The minimum atomic E-state index is -4.57. The first kappa shape index (κ1) is 19.0. The van der Waals surface area contributed by atoms with Gasteiger partial charge in [-0.1, -0.05) is 51.1 Å². The van der Waals surface area contributed by atoms with Gasteiger partial charge in [-0.15, -0.1) is 0 Å². The van der Waals surface area contributed by atoms with Crippen LogP contribution in [0.3, 0.4) is 0 Å². The van der Waals surface area contributed by atoms with Crippen molar-refractivity contribution in [3.05, 3.63) is 65.2 Å². The number of amides is 1. The van der Waals surface area contributed by atoms with Crippen molar-refractivity contribution < 1.29 is 18.0 Å². The van der Waals surface area contributed by atoms with Crippen LogP contribution < -0.4 is 5.32 Å². The number of halogens is 3. The van der Waals surface area contributed by atoms with Crippen LogP contribution in [0, 0.1) is 5.92 Å². The van der Waals surface area contributed by atoms with E-state index in [1.807, 2.05) is 12.1 Å². The average Bonchev–Trinajstić information content (AvgIpc) is 2.54. The molecule has 1 unspecified atom stereocenters. The van der Waals surface area contributed by atoms with E-state index >= 15 is 0 Å². The van der Waals surface area contributed by atoms with E-state index in [1.165, 1.54) is 18.2 Å². The lowest BCUT2D eigenvalue weighted by molar-refractivity contribution is -0.137. The molecule has 0 aliphatic rings. The maximum Gasteiger partial charge on any atom is 0.417 e. The van der Waals surface area contributed by atoms with Gasteiger partial charge in [-0.25, -0.2) is 0 Å². The first-order chi connectivity index (χ1) is 11.7. The fraction of sp³-hybridized carbons (Fsp3) is 0.350. The summed E-state index contributed by atoms with van der Waals surface area (Å²) in [4.78, 5) is 12.5. The molecule has 134 valence electrons. The second-order valence-corrected chi connectivity index (χ2v) is 6.62. The third-order valence-corrected chi connectivity index (χ3v) is 4.04. The molecule has 2 rings (SSSR count). The zero-order valence-electron chi connectivity index (χ0n) is 14.5. The Hall–Kier alpha value is -2.30. The first-order valence-electron chi connectivity index (χ1n) is 8.26. The molecule has 0 aromatic heterocycles. The molecule has 0 aliphatic carbocycles. The number of para-hydroxylation sites is 1. The quantitative estimate of drug-likeness (QED) is 0.693. The molecular formula is C20H22F3NO. The van der Waals surface area contributed by atoms with Crippen LogP contribution in [0.25, 0.3) is 0 Å². The molecule has 0 spiro atoms. The molecule has 0 radical (unpaired) electrons. The van der Waals surface area contributed by atoms with Crippen LogP contribution in [0.1, 0.15) is 54.6 Å². The molecule has 25 heavy (non-hydrogen) atoms. The minimum absolute atomic E-state index is 0.189. The summed E-state index contributed by atoms with van der Waals surface area (Å²) in [6.07, 6.45) is -3.65.